The fourth-order valence-electron chi connectivity index (χ4n) is 3.51. The van der Waals surface area contributed by atoms with Crippen LogP contribution < -0.4 is 0 Å². The quantitative estimate of drug-likeness (QED) is 0.472. The van der Waals surface area contributed by atoms with Gasteiger partial charge in [-0.25, -0.2) is 4.98 Å². The van der Waals surface area contributed by atoms with Gasteiger partial charge in [0.05, 0.1) is 18.7 Å². The lowest BCUT2D eigenvalue weighted by Crippen LogP contribution is -2.48. The predicted octanol–water partition coefficient (Wildman–Crippen LogP) is 2.99. The molecule has 4 heterocycles. The average Bonchev–Trinajstić information content (AvgIpc) is 3.46. The Morgan fingerprint density at radius 3 is 2.70 bits per heavy atom. The number of hydrogen-bond donors (Lipinski definition) is 0. The number of benzene rings is 1. The summed E-state index contributed by atoms with van der Waals surface area (Å²) in [6.45, 7) is 3.46. The molecular formula is C20H19ClN6O2S. The molecule has 1 aliphatic heterocycles. The summed E-state index contributed by atoms with van der Waals surface area (Å²) in [7, 11) is 0. The van der Waals surface area contributed by atoms with Gasteiger partial charge >= 0.3 is 0 Å². The number of thiazole rings is 1. The Balaban J connectivity index is 1.14. The van der Waals surface area contributed by atoms with E-state index in [0.29, 0.717) is 42.8 Å². The van der Waals surface area contributed by atoms with Gasteiger partial charge in [0.15, 0.2) is 4.96 Å². The molecule has 0 saturated carbocycles. The van der Waals surface area contributed by atoms with Crippen LogP contribution in [0.25, 0.3) is 16.3 Å². The number of aromatic nitrogens is 4. The first-order valence-corrected chi connectivity index (χ1v) is 10.9. The molecule has 154 valence electrons. The highest BCUT2D eigenvalue weighted by Crippen LogP contribution is 2.19. The number of fused-ring (bicyclic) bond motifs is 1. The zero-order chi connectivity index (χ0) is 20.5. The summed E-state index contributed by atoms with van der Waals surface area (Å²) in [6.07, 6.45) is 4.21. The van der Waals surface area contributed by atoms with Crippen LogP contribution in [-0.4, -0.2) is 61.4 Å². The summed E-state index contributed by atoms with van der Waals surface area (Å²) < 4.78 is 7.35. The van der Waals surface area contributed by atoms with Crippen LogP contribution in [0.4, 0.5) is 0 Å². The maximum atomic E-state index is 12.6. The molecule has 0 aliphatic carbocycles. The molecule has 1 fully saturated rings. The molecule has 0 radical (unpaired) electrons. The zero-order valence-corrected chi connectivity index (χ0v) is 17.6. The van der Waals surface area contributed by atoms with Crippen molar-refractivity contribution in [2.45, 2.75) is 13.0 Å². The minimum Gasteiger partial charge on any atom is -0.340 e. The maximum Gasteiger partial charge on any atom is 0.241 e. The first kappa shape index (κ1) is 19.2. The Labute approximate surface area is 181 Å². The molecule has 5 rings (SSSR count). The average molecular weight is 443 g/mol. The van der Waals surface area contributed by atoms with Crippen molar-refractivity contribution < 1.29 is 9.32 Å². The van der Waals surface area contributed by atoms with Crippen LogP contribution >= 0.6 is 22.9 Å². The minimum absolute atomic E-state index is 0.114. The first-order valence-electron chi connectivity index (χ1n) is 9.64. The van der Waals surface area contributed by atoms with Crippen molar-refractivity contribution in [2.24, 2.45) is 0 Å². The lowest BCUT2D eigenvalue weighted by Gasteiger charge is -2.33. The third kappa shape index (κ3) is 4.09. The normalized spacial score (nSPS) is 15.2. The van der Waals surface area contributed by atoms with E-state index < -0.39 is 0 Å². The number of halogens is 1. The fraction of sp³-hybridized carbons (Fsp3) is 0.300. The van der Waals surface area contributed by atoms with E-state index in [2.05, 4.69) is 20.0 Å². The summed E-state index contributed by atoms with van der Waals surface area (Å²) in [6, 6.07) is 7.34. The Hall–Kier alpha value is -2.75. The molecule has 0 atom stereocenters. The van der Waals surface area contributed by atoms with Gasteiger partial charge in [-0.1, -0.05) is 16.8 Å². The number of carbonyl (C=O) groups excluding carboxylic acids is 1. The number of carbonyl (C=O) groups is 1. The third-order valence-electron chi connectivity index (χ3n) is 5.13. The summed E-state index contributed by atoms with van der Waals surface area (Å²) in [5, 5.41) is 6.71. The van der Waals surface area contributed by atoms with E-state index in [9.17, 15) is 4.79 Å². The molecule has 4 aromatic rings. The Bertz CT molecular complexity index is 1130. The molecule has 0 bridgehead atoms. The third-order valence-corrected chi connectivity index (χ3v) is 6.15. The van der Waals surface area contributed by atoms with Gasteiger partial charge in [0, 0.05) is 54.5 Å². The Morgan fingerprint density at radius 2 is 1.93 bits per heavy atom. The Kier molecular flexibility index (Phi) is 5.24. The fourth-order valence-corrected chi connectivity index (χ4v) is 4.35. The number of amides is 1. The SMILES string of the molecule is O=C(Cc1cn2ccsc2n1)N1CCN(Cc2nc(-c3ccc(Cl)cc3)no2)CC1. The van der Waals surface area contributed by atoms with Gasteiger partial charge in [-0.3, -0.25) is 14.1 Å². The van der Waals surface area contributed by atoms with E-state index in [1.807, 2.05) is 39.2 Å². The molecular weight excluding hydrogens is 424 g/mol. The van der Waals surface area contributed by atoms with Gasteiger partial charge in [-0.05, 0) is 24.3 Å². The van der Waals surface area contributed by atoms with Crippen LogP contribution in [0.2, 0.25) is 5.02 Å². The highest BCUT2D eigenvalue weighted by atomic mass is 35.5. The summed E-state index contributed by atoms with van der Waals surface area (Å²) in [5.74, 6) is 1.23. The molecule has 0 unspecified atom stereocenters. The number of rotatable bonds is 5. The maximum absolute atomic E-state index is 12.6. The van der Waals surface area contributed by atoms with Crippen molar-refractivity contribution in [3.63, 3.8) is 0 Å². The molecule has 1 saturated heterocycles. The molecule has 1 aromatic carbocycles. The van der Waals surface area contributed by atoms with E-state index in [1.54, 1.807) is 23.5 Å². The molecule has 0 spiro atoms. The van der Waals surface area contributed by atoms with E-state index in [4.69, 9.17) is 16.1 Å². The van der Waals surface area contributed by atoms with Crippen molar-refractivity contribution in [3.05, 3.63) is 58.6 Å². The highest BCUT2D eigenvalue weighted by molar-refractivity contribution is 7.15. The van der Waals surface area contributed by atoms with Crippen LogP contribution in [0.5, 0.6) is 0 Å². The lowest BCUT2D eigenvalue weighted by molar-refractivity contribution is -0.132. The van der Waals surface area contributed by atoms with Crippen molar-refractivity contribution in [1.29, 1.82) is 0 Å². The molecule has 1 aliphatic rings. The molecule has 30 heavy (non-hydrogen) atoms. The van der Waals surface area contributed by atoms with Crippen LogP contribution in [0.15, 0.2) is 46.6 Å². The van der Waals surface area contributed by atoms with E-state index in [0.717, 1.165) is 29.3 Å². The topological polar surface area (TPSA) is 79.8 Å². The van der Waals surface area contributed by atoms with Gasteiger partial charge in [0.25, 0.3) is 0 Å². The van der Waals surface area contributed by atoms with Crippen LogP contribution in [0.1, 0.15) is 11.6 Å². The predicted molar refractivity (Wildman–Crippen MR) is 113 cm³/mol. The second kappa shape index (κ2) is 8.17. The number of imidazole rings is 1. The second-order valence-electron chi connectivity index (χ2n) is 7.18. The van der Waals surface area contributed by atoms with Crippen molar-refractivity contribution in [1.82, 2.24) is 29.3 Å². The number of nitrogens with zero attached hydrogens (tertiary/aromatic N) is 6. The minimum atomic E-state index is 0.114. The molecule has 1 amide bonds. The smallest absolute Gasteiger partial charge is 0.241 e. The number of hydrogen-bond acceptors (Lipinski definition) is 7. The highest BCUT2D eigenvalue weighted by Gasteiger charge is 2.23. The van der Waals surface area contributed by atoms with Gasteiger partial charge in [-0.2, -0.15) is 4.98 Å². The summed E-state index contributed by atoms with van der Waals surface area (Å²) >= 11 is 7.49. The molecule has 8 nitrogen and oxygen atoms in total. The van der Waals surface area contributed by atoms with E-state index in [1.165, 1.54) is 0 Å². The standard InChI is InChI=1S/C20H19ClN6O2S/c21-15-3-1-14(2-4-15)19-23-17(29-24-19)13-25-5-7-26(8-6-25)18(28)11-16-12-27-9-10-30-20(27)22-16/h1-4,9-10,12H,5-8,11,13H2. The largest absolute Gasteiger partial charge is 0.340 e. The van der Waals surface area contributed by atoms with Gasteiger partial charge in [0.2, 0.25) is 17.6 Å². The van der Waals surface area contributed by atoms with Crippen molar-refractivity contribution >= 4 is 33.8 Å². The molecule has 0 N–H and O–H groups in total. The van der Waals surface area contributed by atoms with Crippen LogP contribution in [0.3, 0.4) is 0 Å². The zero-order valence-electron chi connectivity index (χ0n) is 16.1. The number of piperazine rings is 1. The van der Waals surface area contributed by atoms with Crippen molar-refractivity contribution in [2.75, 3.05) is 26.2 Å². The Morgan fingerprint density at radius 1 is 1.13 bits per heavy atom. The molecule has 3 aromatic heterocycles. The second-order valence-corrected chi connectivity index (χ2v) is 8.49. The van der Waals surface area contributed by atoms with Crippen molar-refractivity contribution in [3.8, 4) is 11.4 Å². The van der Waals surface area contributed by atoms with Gasteiger partial charge < -0.3 is 9.42 Å². The van der Waals surface area contributed by atoms with Crippen LogP contribution in [0, 0.1) is 0 Å². The van der Waals surface area contributed by atoms with Crippen LogP contribution in [-0.2, 0) is 17.8 Å². The monoisotopic (exact) mass is 442 g/mol. The summed E-state index contributed by atoms with van der Waals surface area (Å²) in [4.78, 5) is 26.6. The summed E-state index contributed by atoms with van der Waals surface area (Å²) in [5.41, 5.74) is 1.68. The van der Waals surface area contributed by atoms with E-state index in [-0.39, 0.29) is 5.91 Å². The lowest BCUT2D eigenvalue weighted by atomic mass is 10.2. The van der Waals surface area contributed by atoms with E-state index >= 15 is 0 Å². The first-order chi connectivity index (χ1) is 14.6. The van der Waals surface area contributed by atoms with Gasteiger partial charge in [-0.15, -0.1) is 11.3 Å². The van der Waals surface area contributed by atoms with Gasteiger partial charge in [0.1, 0.15) is 0 Å². The molecule has 10 heteroatoms.